The summed E-state index contributed by atoms with van der Waals surface area (Å²) in [6, 6.07) is 0. The summed E-state index contributed by atoms with van der Waals surface area (Å²) in [5.74, 6) is 6.50. The lowest BCUT2D eigenvalue weighted by Gasteiger charge is -2.45. The van der Waals surface area contributed by atoms with Gasteiger partial charge in [-0.2, -0.15) is 0 Å². The van der Waals surface area contributed by atoms with Gasteiger partial charge in [-0.1, -0.05) is 71.6 Å². The molecule has 0 radical (unpaired) electrons. The zero-order valence-electron chi connectivity index (χ0n) is 14.7. The van der Waals surface area contributed by atoms with E-state index in [-0.39, 0.29) is 0 Å². The van der Waals surface area contributed by atoms with E-state index in [2.05, 4.69) is 13.8 Å². The van der Waals surface area contributed by atoms with Crippen molar-refractivity contribution in [3.63, 3.8) is 0 Å². The van der Waals surface area contributed by atoms with E-state index in [0.29, 0.717) is 0 Å². The average Bonchev–Trinajstić information content (AvgIpc) is 2.54. The zero-order chi connectivity index (χ0) is 14.7. The Morgan fingerprint density at radius 3 is 2.43 bits per heavy atom. The largest absolute Gasteiger partial charge is 0.0651 e. The van der Waals surface area contributed by atoms with E-state index in [1.54, 1.807) is 44.9 Å². The minimum Gasteiger partial charge on any atom is -0.0651 e. The molecule has 3 rings (SSSR count). The van der Waals surface area contributed by atoms with Crippen molar-refractivity contribution in [2.45, 2.75) is 97.3 Å². The van der Waals surface area contributed by atoms with Gasteiger partial charge in [0.05, 0.1) is 0 Å². The highest BCUT2D eigenvalue weighted by atomic mass is 14.4. The molecule has 0 aromatic heterocycles. The van der Waals surface area contributed by atoms with Crippen LogP contribution in [0.3, 0.4) is 0 Å². The van der Waals surface area contributed by atoms with Gasteiger partial charge in [0.25, 0.3) is 0 Å². The molecule has 21 heavy (non-hydrogen) atoms. The Hall–Kier alpha value is 0. The summed E-state index contributed by atoms with van der Waals surface area (Å²) in [7, 11) is 0. The molecule has 0 nitrogen and oxygen atoms in total. The molecule has 0 saturated heterocycles. The van der Waals surface area contributed by atoms with Gasteiger partial charge >= 0.3 is 0 Å². The monoisotopic (exact) mass is 290 g/mol. The lowest BCUT2D eigenvalue weighted by Crippen LogP contribution is -2.36. The van der Waals surface area contributed by atoms with E-state index < -0.39 is 0 Å². The van der Waals surface area contributed by atoms with Crippen molar-refractivity contribution in [1.29, 1.82) is 0 Å². The van der Waals surface area contributed by atoms with E-state index in [1.807, 2.05) is 0 Å². The van der Waals surface area contributed by atoms with Gasteiger partial charge in [0.1, 0.15) is 0 Å². The normalized spacial score (nSPS) is 44.3. The Morgan fingerprint density at radius 2 is 1.57 bits per heavy atom. The van der Waals surface area contributed by atoms with Gasteiger partial charge in [-0.25, -0.2) is 0 Å². The maximum absolute atomic E-state index is 2.57. The average molecular weight is 291 g/mol. The van der Waals surface area contributed by atoms with Crippen LogP contribution in [-0.2, 0) is 0 Å². The molecule has 0 aliphatic heterocycles. The lowest BCUT2D eigenvalue weighted by molar-refractivity contribution is 0.0499. The summed E-state index contributed by atoms with van der Waals surface area (Å²) in [4.78, 5) is 0. The molecule has 0 heterocycles. The summed E-state index contributed by atoms with van der Waals surface area (Å²) in [5.41, 5.74) is 0. The topological polar surface area (TPSA) is 0 Å². The van der Waals surface area contributed by atoms with Crippen molar-refractivity contribution in [1.82, 2.24) is 0 Å². The van der Waals surface area contributed by atoms with Crippen LogP contribution in [0, 0.1) is 35.5 Å². The molecule has 6 unspecified atom stereocenters. The minimum absolute atomic E-state index is 1.02. The molecule has 3 aliphatic carbocycles. The van der Waals surface area contributed by atoms with Crippen molar-refractivity contribution in [3.8, 4) is 0 Å². The molecule has 0 bridgehead atoms. The molecule has 3 fully saturated rings. The van der Waals surface area contributed by atoms with E-state index >= 15 is 0 Å². The number of hydrogen-bond acceptors (Lipinski definition) is 0. The maximum Gasteiger partial charge on any atom is -0.0355 e. The molecule has 3 aliphatic rings. The molecule has 0 amide bonds. The smallest absolute Gasteiger partial charge is 0.0355 e. The first-order valence-electron chi connectivity index (χ1n) is 10.3. The third-order valence-electron chi connectivity index (χ3n) is 7.62. The first-order chi connectivity index (χ1) is 10.3. The molecule has 0 heteroatoms. The third kappa shape index (κ3) is 3.85. The Morgan fingerprint density at radius 1 is 0.762 bits per heavy atom. The van der Waals surface area contributed by atoms with Crippen LogP contribution in [0.4, 0.5) is 0 Å². The van der Waals surface area contributed by atoms with Gasteiger partial charge in [0.15, 0.2) is 0 Å². The Labute approximate surface area is 133 Å². The highest BCUT2D eigenvalue weighted by Crippen LogP contribution is 2.48. The fourth-order valence-corrected chi connectivity index (χ4v) is 6.23. The Balaban J connectivity index is 1.52. The molecule has 6 atom stereocenters. The van der Waals surface area contributed by atoms with Gasteiger partial charge in [0.2, 0.25) is 0 Å². The van der Waals surface area contributed by atoms with Crippen molar-refractivity contribution >= 4 is 0 Å². The molecular formula is C21H38. The van der Waals surface area contributed by atoms with E-state index in [4.69, 9.17) is 0 Å². The predicted octanol–water partition coefficient (Wildman–Crippen LogP) is 6.84. The quantitative estimate of drug-likeness (QED) is 0.532. The molecule has 122 valence electrons. The van der Waals surface area contributed by atoms with E-state index in [0.717, 1.165) is 35.5 Å². The Bertz CT molecular complexity index is 307. The zero-order valence-corrected chi connectivity index (χ0v) is 14.7. The standard InChI is InChI=1S/C21H38/c1-3-17-7-6-8-18(15-17)12-14-20-16(2)11-13-19-9-4-5-10-21(19)20/h16-21H,3-15H2,1-2H3. The summed E-state index contributed by atoms with van der Waals surface area (Å²) in [5, 5.41) is 0. The molecule has 0 aromatic rings. The van der Waals surface area contributed by atoms with Crippen molar-refractivity contribution in [2.75, 3.05) is 0 Å². The lowest BCUT2D eigenvalue weighted by atomic mass is 9.60. The SMILES string of the molecule is CCC1CCCC(CCC2C(C)CCC3CCCCC32)C1. The van der Waals surface area contributed by atoms with Gasteiger partial charge in [-0.3, -0.25) is 0 Å². The third-order valence-corrected chi connectivity index (χ3v) is 7.62. The fraction of sp³-hybridized carbons (Fsp3) is 1.00. The number of rotatable bonds is 4. The van der Waals surface area contributed by atoms with Crippen LogP contribution in [0.15, 0.2) is 0 Å². The summed E-state index contributed by atoms with van der Waals surface area (Å²) in [6.07, 6.45) is 20.0. The van der Waals surface area contributed by atoms with Gasteiger partial charge in [0, 0.05) is 0 Å². The van der Waals surface area contributed by atoms with Crippen molar-refractivity contribution in [3.05, 3.63) is 0 Å². The van der Waals surface area contributed by atoms with E-state index in [9.17, 15) is 0 Å². The second-order valence-corrected chi connectivity index (χ2v) is 8.81. The molecule has 0 N–H and O–H groups in total. The van der Waals surface area contributed by atoms with Crippen LogP contribution in [0.25, 0.3) is 0 Å². The fourth-order valence-electron chi connectivity index (χ4n) is 6.23. The van der Waals surface area contributed by atoms with E-state index in [1.165, 1.54) is 38.5 Å². The van der Waals surface area contributed by atoms with Gasteiger partial charge < -0.3 is 0 Å². The second-order valence-electron chi connectivity index (χ2n) is 8.81. The predicted molar refractivity (Wildman–Crippen MR) is 92.3 cm³/mol. The minimum atomic E-state index is 1.02. The molecule has 3 saturated carbocycles. The van der Waals surface area contributed by atoms with Crippen LogP contribution < -0.4 is 0 Å². The summed E-state index contributed by atoms with van der Waals surface area (Å²) in [6.45, 7) is 4.98. The van der Waals surface area contributed by atoms with Crippen molar-refractivity contribution < 1.29 is 0 Å². The Kier molecular flexibility index (Phi) is 5.68. The van der Waals surface area contributed by atoms with Crippen LogP contribution in [0.5, 0.6) is 0 Å². The molecule has 0 spiro atoms. The molecule has 0 aromatic carbocycles. The highest BCUT2D eigenvalue weighted by molar-refractivity contribution is 4.88. The highest BCUT2D eigenvalue weighted by Gasteiger charge is 2.38. The van der Waals surface area contributed by atoms with Crippen molar-refractivity contribution in [2.24, 2.45) is 35.5 Å². The van der Waals surface area contributed by atoms with Gasteiger partial charge in [-0.05, 0) is 61.2 Å². The summed E-state index contributed by atoms with van der Waals surface area (Å²) < 4.78 is 0. The molecular weight excluding hydrogens is 252 g/mol. The number of hydrogen-bond donors (Lipinski definition) is 0. The van der Waals surface area contributed by atoms with Crippen LogP contribution >= 0.6 is 0 Å². The van der Waals surface area contributed by atoms with Crippen LogP contribution in [0.1, 0.15) is 97.3 Å². The van der Waals surface area contributed by atoms with Crippen LogP contribution in [-0.4, -0.2) is 0 Å². The first-order valence-corrected chi connectivity index (χ1v) is 10.3. The second kappa shape index (κ2) is 7.51. The maximum atomic E-state index is 2.57. The summed E-state index contributed by atoms with van der Waals surface area (Å²) >= 11 is 0. The first kappa shape index (κ1) is 15.9. The number of fused-ring (bicyclic) bond motifs is 1. The van der Waals surface area contributed by atoms with Crippen LogP contribution in [0.2, 0.25) is 0 Å². The van der Waals surface area contributed by atoms with Gasteiger partial charge in [-0.15, -0.1) is 0 Å².